The third-order valence-corrected chi connectivity index (χ3v) is 7.60. The smallest absolute Gasteiger partial charge is 0.263 e. The van der Waals surface area contributed by atoms with E-state index in [0.29, 0.717) is 6.54 Å². The molecule has 2 N–H and O–H groups in total. The van der Waals surface area contributed by atoms with Crippen LogP contribution in [0.4, 0.5) is 0 Å². The lowest BCUT2D eigenvalue weighted by Crippen LogP contribution is -2.56. The molecule has 4 saturated carbocycles. The van der Waals surface area contributed by atoms with Crippen molar-refractivity contribution in [3.8, 4) is 6.07 Å². The molecule has 1 aromatic rings. The van der Waals surface area contributed by atoms with E-state index in [1.165, 1.54) is 49.7 Å². The summed E-state index contributed by atoms with van der Waals surface area (Å²) in [5, 5.41) is 15.8. The van der Waals surface area contributed by atoms with E-state index < -0.39 is 0 Å². The summed E-state index contributed by atoms with van der Waals surface area (Å²) in [5.41, 5.74) is 2.92. The predicted molar refractivity (Wildman–Crippen MR) is 115 cm³/mol. The van der Waals surface area contributed by atoms with E-state index in [1.54, 1.807) is 6.20 Å². The monoisotopic (exact) mass is 391 g/mol. The number of hydrogen-bond acceptors (Lipinski definition) is 3. The van der Waals surface area contributed by atoms with Gasteiger partial charge in [0.25, 0.3) is 5.91 Å². The molecule has 1 aromatic carbocycles. The third kappa shape index (κ3) is 4.34. The van der Waals surface area contributed by atoms with Gasteiger partial charge in [0.1, 0.15) is 11.6 Å². The standard InChI is InChI=1S/C25H33N3O/c1-17-4-3-5-19(8-17)6-7-27-16-23(15-26)24(29)28-18(2)25-12-20-9-21(13-25)11-22(10-20)14-25/h3-5,8,16,18,20-22,27H,6-7,9-14H2,1-2H3,(H,28,29)/b23-16-. The number of hydrogen-bond donors (Lipinski definition) is 2. The second-order valence-corrected chi connectivity index (χ2v) is 9.84. The van der Waals surface area contributed by atoms with Crippen LogP contribution in [0.1, 0.15) is 56.6 Å². The van der Waals surface area contributed by atoms with Gasteiger partial charge in [-0.1, -0.05) is 29.8 Å². The Bertz CT molecular complexity index is 799. The van der Waals surface area contributed by atoms with Crippen LogP contribution in [0.25, 0.3) is 0 Å². The molecule has 1 atom stereocenters. The van der Waals surface area contributed by atoms with Gasteiger partial charge in [-0.25, -0.2) is 0 Å². The number of nitrogens with zero attached hydrogens (tertiary/aromatic N) is 1. The van der Waals surface area contributed by atoms with Crippen LogP contribution in [0.3, 0.4) is 0 Å². The molecule has 0 aliphatic heterocycles. The van der Waals surface area contributed by atoms with E-state index in [-0.39, 0.29) is 22.9 Å². The van der Waals surface area contributed by atoms with Crippen LogP contribution < -0.4 is 10.6 Å². The van der Waals surface area contributed by atoms with E-state index in [0.717, 1.165) is 24.2 Å². The van der Waals surface area contributed by atoms with Crippen LogP contribution in [0.2, 0.25) is 0 Å². The zero-order chi connectivity index (χ0) is 20.4. The highest BCUT2D eigenvalue weighted by Crippen LogP contribution is 2.61. The van der Waals surface area contributed by atoms with Gasteiger partial charge in [-0.3, -0.25) is 4.79 Å². The van der Waals surface area contributed by atoms with Gasteiger partial charge in [0.05, 0.1) is 0 Å². The first-order chi connectivity index (χ1) is 14.0. The van der Waals surface area contributed by atoms with E-state index in [1.807, 2.05) is 0 Å². The Morgan fingerprint density at radius 1 is 1.24 bits per heavy atom. The molecule has 0 radical (unpaired) electrons. The third-order valence-electron chi connectivity index (χ3n) is 7.60. The Morgan fingerprint density at radius 2 is 1.90 bits per heavy atom. The van der Waals surface area contributed by atoms with E-state index >= 15 is 0 Å². The first kappa shape index (κ1) is 20.0. The molecule has 29 heavy (non-hydrogen) atoms. The van der Waals surface area contributed by atoms with Crippen LogP contribution in [-0.4, -0.2) is 18.5 Å². The SMILES string of the molecule is Cc1cccc(CCN/C=C(/C#N)C(=O)NC(C)C23CC4CC(CC(C4)C2)C3)c1. The highest BCUT2D eigenvalue weighted by molar-refractivity contribution is 5.97. The summed E-state index contributed by atoms with van der Waals surface area (Å²) in [4.78, 5) is 12.7. The van der Waals surface area contributed by atoms with Crippen molar-refractivity contribution in [2.75, 3.05) is 6.54 Å². The molecule has 4 bridgehead atoms. The number of carbonyl (C=O) groups is 1. The van der Waals surface area contributed by atoms with Crippen molar-refractivity contribution in [3.05, 3.63) is 47.2 Å². The van der Waals surface area contributed by atoms with Crippen LogP contribution in [0.5, 0.6) is 0 Å². The van der Waals surface area contributed by atoms with Crippen molar-refractivity contribution >= 4 is 5.91 Å². The molecule has 4 fully saturated rings. The minimum Gasteiger partial charge on any atom is -0.389 e. The normalized spacial score (nSPS) is 31.2. The minimum atomic E-state index is -0.237. The molecule has 4 aliphatic carbocycles. The number of amides is 1. The molecular weight excluding hydrogens is 358 g/mol. The molecule has 0 heterocycles. The van der Waals surface area contributed by atoms with Crippen molar-refractivity contribution in [1.29, 1.82) is 5.26 Å². The Balaban J connectivity index is 1.31. The summed E-state index contributed by atoms with van der Waals surface area (Å²) in [6.07, 6.45) is 10.4. The average Bonchev–Trinajstić information content (AvgIpc) is 2.67. The highest BCUT2D eigenvalue weighted by Gasteiger charge is 2.53. The number of carbonyl (C=O) groups excluding carboxylic acids is 1. The number of nitrogens with one attached hydrogen (secondary N) is 2. The van der Waals surface area contributed by atoms with Gasteiger partial charge < -0.3 is 10.6 Å². The summed E-state index contributed by atoms with van der Waals surface area (Å²) in [6.45, 7) is 4.94. The fourth-order valence-electron chi connectivity index (χ4n) is 6.54. The summed E-state index contributed by atoms with van der Waals surface area (Å²) < 4.78 is 0. The molecular formula is C25H33N3O. The Labute approximate surface area is 174 Å². The van der Waals surface area contributed by atoms with Crippen molar-refractivity contribution in [2.45, 2.75) is 64.8 Å². The largest absolute Gasteiger partial charge is 0.389 e. The predicted octanol–water partition coefficient (Wildman–Crippen LogP) is 4.26. The number of rotatable bonds is 7. The molecule has 4 aliphatic rings. The lowest BCUT2D eigenvalue weighted by atomic mass is 9.48. The number of nitriles is 1. The molecule has 1 unspecified atom stereocenters. The number of aryl methyl sites for hydroxylation is 1. The van der Waals surface area contributed by atoms with Crippen LogP contribution >= 0.6 is 0 Å². The van der Waals surface area contributed by atoms with E-state index in [2.05, 4.69) is 54.8 Å². The maximum atomic E-state index is 12.7. The van der Waals surface area contributed by atoms with Gasteiger partial charge in [-0.05, 0) is 87.5 Å². The average molecular weight is 392 g/mol. The molecule has 4 nitrogen and oxygen atoms in total. The van der Waals surface area contributed by atoms with Crippen LogP contribution in [0.15, 0.2) is 36.0 Å². The van der Waals surface area contributed by atoms with Crippen molar-refractivity contribution in [3.63, 3.8) is 0 Å². The van der Waals surface area contributed by atoms with Gasteiger partial charge in [0, 0.05) is 18.8 Å². The van der Waals surface area contributed by atoms with Crippen molar-refractivity contribution in [2.24, 2.45) is 23.2 Å². The van der Waals surface area contributed by atoms with Crippen LogP contribution in [-0.2, 0) is 11.2 Å². The van der Waals surface area contributed by atoms with Crippen molar-refractivity contribution < 1.29 is 4.79 Å². The Morgan fingerprint density at radius 3 is 2.48 bits per heavy atom. The molecule has 5 rings (SSSR count). The summed E-state index contributed by atoms with van der Waals surface area (Å²) >= 11 is 0. The molecule has 0 spiro atoms. The fraction of sp³-hybridized carbons (Fsp3) is 0.600. The van der Waals surface area contributed by atoms with E-state index in [4.69, 9.17) is 0 Å². The summed E-state index contributed by atoms with van der Waals surface area (Å²) in [6, 6.07) is 10.6. The maximum absolute atomic E-state index is 12.7. The zero-order valence-corrected chi connectivity index (χ0v) is 17.7. The molecule has 1 amide bonds. The lowest BCUT2D eigenvalue weighted by Gasteiger charge is -2.59. The quantitative estimate of drug-likeness (QED) is 0.415. The number of benzene rings is 1. The Kier molecular flexibility index (Phi) is 5.67. The first-order valence-electron chi connectivity index (χ1n) is 11.2. The lowest BCUT2D eigenvalue weighted by molar-refractivity contribution is -0.122. The zero-order valence-electron chi connectivity index (χ0n) is 17.7. The summed E-state index contributed by atoms with van der Waals surface area (Å²) in [5.74, 6) is 2.33. The molecule has 154 valence electrons. The van der Waals surface area contributed by atoms with Gasteiger partial charge in [-0.2, -0.15) is 5.26 Å². The molecule has 0 aromatic heterocycles. The Hall–Kier alpha value is -2.28. The first-order valence-corrected chi connectivity index (χ1v) is 11.2. The van der Waals surface area contributed by atoms with Gasteiger partial charge in [0.15, 0.2) is 0 Å². The van der Waals surface area contributed by atoms with Gasteiger partial charge >= 0.3 is 0 Å². The summed E-state index contributed by atoms with van der Waals surface area (Å²) in [7, 11) is 0. The maximum Gasteiger partial charge on any atom is 0.263 e. The van der Waals surface area contributed by atoms with Gasteiger partial charge in [0.2, 0.25) is 0 Å². The van der Waals surface area contributed by atoms with Crippen LogP contribution in [0, 0.1) is 41.4 Å². The van der Waals surface area contributed by atoms with E-state index in [9.17, 15) is 10.1 Å². The minimum absolute atomic E-state index is 0.132. The second kappa shape index (κ2) is 8.22. The topological polar surface area (TPSA) is 64.9 Å². The highest BCUT2D eigenvalue weighted by atomic mass is 16.1. The fourth-order valence-corrected chi connectivity index (χ4v) is 6.54. The van der Waals surface area contributed by atoms with Gasteiger partial charge in [-0.15, -0.1) is 0 Å². The second-order valence-electron chi connectivity index (χ2n) is 9.84. The van der Waals surface area contributed by atoms with Crippen molar-refractivity contribution in [1.82, 2.24) is 10.6 Å². The molecule has 4 heteroatoms. The molecule has 0 saturated heterocycles.